The van der Waals surface area contributed by atoms with Crippen LogP contribution in [0.1, 0.15) is 81.8 Å². The van der Waals surface area contributed by atoms with E-state index in [1.165, 1.54) is 50.5 Å². The van der Waals surface area contributed by atoms with Crippen LogP contribution in [0.4, 0.5) is 0 Å². The highest BCUT2D eigenvalue weighted by molar-refractivity contribution is 5.41. The Balaban J connectivity index is 0.000000847. The second-order valence-electron chi connectivity index (χ2n) is 6.52. The van der Waals surface area contributed by atoms with Crippen LogP contribution in [0.15, 0.2) is 18.2 Å². The summed E-state index contributed by atoms with van der Waals surface area (Å²) in [6.45, 7) is 4.36. The van der Waals surface area contributed by atoms with Gasteiger partial charge < -0.3 is 9.84 Å². The molecule has 0 bridgehead atoms. The molecule has 22 heavy (non-hydrogen) atoms. The average molecular weight is 304 g/mol. The standard InChI is InChI=1S/C18H26O2.C2H6/c1-20-16-9-10-17(14-3-2-4-14)18(11-16)15-7-5-13(12-19)6-8-15;1-2/h9-11,13-15,19H,2-8,12H2,1H3;1-2H3. The van der Waals surface area contributed by atoms with Gasteiger partial charge in [-0.1, -0.05) is 26.3 Å². The van der Waals surface area contributed by atoms with E-state index in [-0.39, 0.29) is 0 Å². The molecule has 2 nitrogen and oxygen atoms in total. The molecule has 1 aromatic rings. The molecule has 0 spiro atoms. The van der Waals surface area contributed by atoms with Gasteiger partial charge in [0.25, 0.3) is 0 Å². The fourth-order valence-corrected chi connectivity index (χ4v) is 3.78. The first-order valence-corrected chi connectivity index (χ1v) is 9.10. The Morgan fingerprint density at radius 1 is 0.955 bits per heavy atom. The zero-order valence-electron chi connectivity index (χ0n) is 14.5. The molecular formula is C20H32O2. The Morgan fingerprint density at radius 3 is 2.09 bits per heavy atom. The van der Waals surface area contributed by atoms with Crippen LogP contribution in [0.2, 0.25) is 0 Å². The lowest BCUT2D eigenvalue weighted by atomic mass is 9.72. The highest BCUT2D eigenvalue weighted by atomic mass is 16.5. The van der Waals surface area contributed by atoms with Crippen LogP contribution >= 0.6 is 0 Å². The lowest BCUT2D eigenvalue weighted by Crippen LogP contribution is -2.19. The third-order valence-corrected chi connectivity index (χ3v) is 5.38. The highest BCUT2D eigenvalue weighted by Crippen LogP contribution is 2.44. The van der Waals surface area contributed by atoms with E-state index in [1.807, 2.05) is 13.8 Å². The van der Waals surface area contributed by atoms with Crippen molar-refractivity contribution in [2.24, 2.45) is 5.92 Å². The number of hydrogen-bond donors (Lipinski definition) is 1. The van der Waals surface area contributed by atoms with E-state index < -0.39 is 0 Å². The topological polar surface area (TPSA) is 29.5 Å². The van der Waals surface area contributed by atoms with Gasteiger partial charge >= 0.3 is 0 Å². The molecule has 0 radical (unpaired) electrons. The van der Waals surface area contributed by atoms with Crippen LogP contribution in [0.5, 0.6) is 5.75 Å². The molecule has 3 rings (SSSR count). The molecule has 2 fully saturated rings. The second kappa shape index (κ2) is 8.57. The number of aliphatic hydroxyl groups is 1. The van der Waals surface area contributed by atoms with Crippen molar-refractivity contribution in [3.63, 3.8) is 0 Å². The zero-order valence-corrected chi connectivity index (χ0v) is 14.5. The summed E-state index contributed by atoms with van der Waals surface area (Å²) in [7, 11) is 1.75. The molecule has 2 aliphatic rings. The average Bonchev–Trinajstić information content (AvgIpc) is 2.55. The third-order valence-electron chi connectivity index (χ3n) is 5.38. The quantitative estimate of drug-likeness (QED) is 0.822. The molecule has 0 aromatic heterocycles. The lowest BCUT2D eigenvalue weighted by molar-refractivity contribution is 0.182. The van der Waals surface area contributed by atoms with Crippen molar-refractivity contribution < 1.29 is 9.84 Å². The maximum absolute atomic E-state index is 9.30. The number of methoxy groups -OCH3 is 1. The Bertz CT molecular complexity index is 443. The predicted octanol–water partition coefficient (Wildman–Crippen LogP) is 5.26. The molecule has 2 aliphatic carbocycles. The van der Waals surface area contributed by atoms with Crippen LogP contribution in [-0.2, 0) is 0 Å². The van der Waals surface area contributed by atoms with Crippen LogP contribution in [0.3, 0.4) is 0 Å². The van der Waals surface area contributed by atoms with E-state index in [1.54, 1.807) is 12.7 Å². The van der Waals surface area contributed by atoms with Gasteiger partial charge in [-0.05, 0) is 79.5 Å². The van der Waals surface area contributed by atoms with Gasteiger partial charge in [0.15, 0.2) is 0 Å². The highest BCUT2D eigenvalue weighted by Gasteiger charge is 2.28. The molecule has 2 saturated carbocycles. The lowest BCUT2D eigenvalue weighted by Gasteiger charge is -2.33. The fraction of sp³-hybridized carbons (Fsp3) is 0.700. The van der Waals surface area contributed by atoms with Crippen molar-refractivity contribution in [3.05, 3.63) is 29.3 Å². The van der Waals surface area contributed by atoms with E-state index >= 15 is 0 Å². The summed E-state index contributed by atoms with van der Waals surface area (Å²) in [5, 5.41) is 9.30. The smallest absolute Gasteiger partial charge is 0.119 e. The number of rotatable bonds is 4. The minimum absolute atomic E-state index is 0.361. The minimum atomic E-state index is 0.361. The molecule has 0 unspecified atom stereocenters. The second-order valence-corrected chi connectivity index (χ2v) is 6.52. The molecule has 1 N–H and O–H groups in total. The van der Waals surface area contributed by atoms with Gasteiger partial charge in [0.05, 0.1) is 7.11 Å². The first-order chi connectivity index (χ1) is 10.8. The Hall–Kier alpha value is -1.02. The molecule has 124 valence electrons. The van der Waals surface area contributed by atoms with Gasteiger partial charge in [0, 0.05) is 6.61 Å². The number of ether oxygens (including phenoxy) is 1. The van der Waals surface area contributed by atoms with Gasteiger partial charge in [-0.3, -0.25) is 0 Å². The Morgan fingerprint density at radius 2 is 1.59 bits per heavy atom. The minimum Gasteiger partial charge on any atom is -0.497 e. The molecule has 0 heterocycles. The largest absolute Gasteiger partial charge is 0.497 e. The van der Waals surface area contributed by atoms with Crippen molar-refractivity contribution in [1.82, 2.24) is 0 Å². The van der Waals surface area contributed by atoms with Crippen molar-refractivity contribution in [1.29, 1.82) is 0 Å². The van der Waals surface area contributed by atoms with Gasteiger partial charge in [-0.2, -0.15) is 0 Å². The number of hydrogen-bond acceptors (Lipinski definition) is 2. The molecule has 0 saturated heterocycles. The molecule has 2 heteroatoms. The van der Waals surface area contributed by atoms with Crippen LogP contribution in [-0.4, -0.2) is 18.8 Å². The summed E-state index contributed by atoms with van der Waals surface area (Å²) in [6.07, 6.45) is 8.87. The van der Waals surface area contributed by atoms with E-state index in [0.29, 0.717) is 18.4 Å². The number of aliphatic hydroxyl groups excluding tert-OH is 1. The fourth-order valence-electron chi connectivity index (χ4n) is 3.78. The van der Waals surface area contributed by atoms with Crippen molar-refractivity contribution in [2.75, 3.05) is 13.7 Å². The monoisotopic (exact) mass is 304 g/mol. The maximum Gasteiger partial charge on any atom is 0.119 e. The number of benzene rings is 1. The van der Waals surface area contributed by atoms with E-state index in [9.17, 15) is 5.11 Å². The summed E-state index contributed by atoms with van der Waals surface area (Å²) in [5.41, 5.74) is 3.11. The molecular weight excluding hydrogens is 272 g/mol. The van der Waals surface area contributed by atoms with Gasteiger partial charge in [0.2, 0.25) is 0 Å². The van der Waals surface area contributed by atoms with Gasteiger partial charge in [0.1, 0.15) is 5.75 Å². The predicted molar refractivity (Wildman–Crippen MR) is 92.7 cm³/mol. The van der Waals surface area contributed by atoms with Gasteiger partial charge in [-0.25, -0.2) is 0 Å². The SMILES string of the molecule is CC.COc1ccc(C2CCC2)c(C2CCC(CO)CC2)c1. The van der Waals surface area contributed by atoms with Crippen molar-refractivity contribution in [3.8, 4) is 5.75 Å². The normalized spacial score (nSPS) is 24.9. The van der Waals surface area contributed by atoms with Crippen molar-refractivity contribution in [2.45, 2.75) is 70.6 Å². The first-order valence-electron chi connectivity index (χ1n) is 9.10. The molecule has 0 atom stereocenters. The molecule has 0 amide bonds. The summed E-state index contributed by atoms with van der Waals surface area (Å²) in [4.78, 5) is 0. The first kappa shape index (κ1) is 17.3. The third kappa shape index (κ3) is 3.84. The van der Waals surface area contributed by atoms with Crippen LogP contribution in [0, 0.1) is 5.92 Å². The summed E-state index contributed by atoms with van der Waals surface area (Å²) < 4.78 is 5.43. The van der Waals surface area contributed by atoms with Crippen LogP contribution in [0.25, 0.3) is 0 Å². The van der Waals surface area contributed by atoms with E-state index in [4.69, 9.17) is 4.74 Å². The maximum atomic E-state index is 9.30. The van der Waals surface area contributed by atoms with E-state index in [0.717, 1.165) is 11.7 Å². The summed E-state index contributed by atoms with van der Waals surface area (Å²) >= 11 is 0. The molecule has 1 aromatic carbocycles. The Labute approximate surface area is 135 Å². The van der Waals surface area contributed by atoms with Crippen molar-refractivity contribution >= 4 is 0 Å². The van der Waals surface area contributed by atoms with Crippen LogP contribution < -0.4 is 4.74 Å². The zero-order chi connectivity index (χ0) is 15.9. The van der Waals surface area contributed by atoms with Gasteiger partial charge in [-0.15, -0.1) is 0 Å². The molecule has 0 aliphatic heterocycles. The Kier molecular flexibility index (Phi) is 6.75. The summed E-state index contributed by atoms with van der Waals surface area (Å²) in [5.74, 6) is 2.98. The van der Waals surface area contributed by atoms with E-state index in [2.05, 4.69) is 18.2 Å². The summed E-state index contributed by atoms with van der Waals surface area (Å²) in [6, 6.07) is 6.70.